The highest BCUT2D eigenvalue weighted by molar-refractivity contribution is 6.02. The molecule has 0 aliphatic carbocycles. The van der Waals surface area contributed by atoms with Gasteiger partial charge in [-0.25, -0.2) is 9.78 Å². The van der Waals surface area contributed by atoms with Crippen LogP contribution in [0.15, 0.2) is 62.7 Å². The fourth-order valence-corrected chi connectivity index (χ4v) is 3.77. The molecule has 8 heteroatoms. The van der Waals surface area contributed by atoms with E-state index in [0.29, 0.717) is 23.6 Å². The fourth-order valence-electron chi connectivity index (χ4n) is 3.77. The summed E-state index contributed by atoms with van der Waals surface area (Å²) in [5.74, 6) is 0.0329. The molecule has 3 heterocycles. The number of carbonyl (C=O) groups is 1. The van der Waals surface area contributed by atoms with E-state index in [0.717, 1.165) is 15.5 Å². The highest BCUT2D eigenvalue weighted by Crippen LogP contribution is 2.27. The van der Waals surface area contributed by atoms with Crippen molar-refractivity contribution < 1.29 is 9.21 Å². The molecule has 0 saturated carbocycles. The second-order valence-electron chi connectivity index (χ2n) is 8.18. The monoisotopic (exact) mass is 432 g/mol. The van der Waals surface area contributed by atoms with Gasteiger partial charge in [0.2, 0.25) is 0 Å². The number of aromatic nitrogens is 3. The smallest absolute Gasteiger partial charge is 0.332 e. The van der Waals surface area contributed by atoms with E-state index in [2.05, 4.69) is 4.98 Å². The van der Waals surface area contributed by atoms with Crippen LogP contribution in [0.25, 0.3) is 22.4 Å². The molecule has 0 aliphatic heterocycles. The lowest BCUT2D eigenvalue weighted by Crippen LogP contribution is -2.43. The van der Waals surface area contributed by atoms with Crippen molar-refractivity contribution in [3.63, 3.8) is 0 Å². The standard InChI is InChI=1S/C24H24N4O4/c1-14(2)13-28-22(25)20(23(30)27(3)24(28)31)18(29)12-16-11-15-7-4-5-8-17(15)26-21(16)19-9-6-10-32-19/h4-11,14H,12-13,25H2,1-3H3. The molecule has 0 fully saturated rings. The fraction of sp³-hybridized carbons (Fsp3) is 0.250. The Bertz CT molecular complexity index is 1430. The second kappa shape index (κ2) is 8.30. The number of ketones is 1. The lowest BCUT2D eigenvalue weighted by Gasteiger charge is -2.16. The third kappa shape index (κ3) is 3.75. The van der Waals surface area contributed by atoms with E-state index in [1.54, 1.807) is 12.1 Å². The molecular weight excluding hydrogens is 408 g/mol. The molecule has 0 unspecified atom stereocenters. The van der Waals surface area contributed by atoms with Crippen molar-refractivity contribution in [3.8, 4) is 11.5 Å². The largest absolute Gasteiger partial charge is 0.463 e. The van der Waals surface area contributed by atoms with Gasteiger partial charge >= 0.3 is 5.69 Å². The summed E-state index contributed by atoms with van der Waals surface area (Å²) in [6.45, 7) is 4.15. The van der Waals surface area contributed by atoms with E-state index in [4.69, 9.17) is 10.2 Å². The van der Waals surface area contributed by atoms with Crippen molar-refractivity contribution in [2.45, 2.75) is 26.8 Å². The number of nitrogens with zero attached hydrogens (tertiary/aromatic N) is 3. The van der Waals surface area contributed by atoms with Gasteiger partial charge in [-0.2, -0.15) is 0 Å². The molecule has 0 amide bonds. The van der Waals surface area contributed by atoms with Gasteiger partial charge in [0, 0.05) is 25.4 Å². The number of nitrogens with two attached hydrogens (primary N) is 1. The van der Waals surface area contributed by atoms with Crippen molar-refractivity contribution in [1.82, 2.24) is 14.1 Å². The number of pyridine rings is 1. The summed E-state index contributed by atoms with van der Waals surface area (Å²) in [4.78, 5) is 43.4. The van der Waals surface area contributed by atoms with Crippen LogP contribution in [-0.2, 0) is 20.0 Å². The molecule has 0 saturated heterocycles. The molecule has 32 heavy (non-hydrogen) atoms. The number of anilines is 1. The lowest BCUT2D eigenvalue weighted by atomic mass is 9.99. The Kier molecular flexibility index (Phi) is 5.52. The predicted octanol–water partition coefficient (Wildman–Crippen LogP) is 3.02. The topological polar surface area (TPSA) is 113 Å². The Morgan fingerprint density at radius 3 is 2.59 bits per heavy atom. The van der Waals surface area contributed by atoms with Gasteiger partial charge in [-0.3, -0.25) is 18.7 Å². The predicted molar refractivity (Wildman–Crippen MR) is 123 cm³/mol. The van der Waals surface area contributed by atoms with Crippen molar-refractivity contribution in [2.75, 3.05) is 5.73 Å². The minimum atomic E-state index is -0.703. The number of nitrogen functional groups attached to an aromatic ring is 1. The van der Waals surface area contributed by atoms with Gasteiger partial charge in [-0.15, -0.1) is 0 Å². The van der Waals surface area contributed by atoms with Crippen LogP contribution in [0, 0.1) is 5.92 Å². The Labute approximate surface area is 183 Å². The zero-order chi connectivity index (χ0) is 23.0. The molecule has 4 rings (SSSR count). The zero-order valence-corrected chi connectivity index (χ0v) is 18.2. The Balaban J connectivity index is 1.85. The molecular formula is C24H24N4O4. The third-order valence-electron chi connectivity index (χ3n) is 5.32. The van der Waals surface area contributed by atoms with Crippen LogP contribution < -0.4 is 17.0 Å². The summed E-state index contributed by atoms with van der Waals surface area (Å²) in [6, 6.07) is 12.9. The highest BCUT2D eigenvalue weighted by atomic mass is 16.3. The summed E-state index contributed by atoms with van der Waals surface area (Å²) >= 11 is 0. The molecule has 4 aromatic rings. The van der Waals surface area contributed by atoms with Crippen molar-refractivity contribution in [3.05, 3.63) is 80.7 Å². The van der Waals surface area contributed by atoms with Gasteiger partial charge in [-0.05, 0) is 35.7 Å². The Hall–Kier alpha value is -3.94. The van der Waals surface area contributed by atoms with Gasteiger partial charge < -0.3 is 10.2 Å². The molecule has 0 bridgehead atoms. The number of rotatable bonds is 6. The summed E-state index contributed by atoms with van der Waals surface area (Å²) < 4.78 is 7.74. The first-order chi connectivity index (χ1) is 15.3. The third-order valence-corrected chi connectivity index (χ3v) is 5.32. The van der Waals surface area contributed by atoms with Gasteiger partial charge in [0.25, 0.3) is 5.56 Å². The number of para-hydroxylation sites is 1. The number of furan rings is 1. The zero-order valence-electron chi connectivity index (χ0n) is 18.2. The van der Waals surface area contributed by atoms with Gasteiger partial charge in [0.15, 0.2) is 11.5 Å². The van der Waals surface area contributed by atoms with Crippen LogP contribution in [0.1, 0.15) is 29.8 Å². The van der Waals surface area contributed by atoms with Crippen molar-refractivity contribution in [2.24, 2.45) is 13.0 Å². The number of hydrogen-bond acceptors (Lipinski definition) is 6. The number of fused-ring (bicyclic) bond motifs is 1. The molecule has 0 radical (unpaired) electrons. The Morgan fingerprint density at radius 1 is 1.16 bits per heavy atom. The van der Waals surface area contributed by atoms with Crippen LogP contribution in [0.5, 0.6) is 0 Å². The maximum absolute atomic E-state index is 13.3. The quantitative estimate of drug-likeness (QED) is 0.469. The summed E-state index contributed by atoms with van der Waals surface area (Å²) in [6.07, 6.45) is 1.42. The van der Waals surface area contributed by atoms with Crippen LogP contribution in [0.3, 0.4) is 0 Å². The van der Waals surface area contributed by atoms with Crippen LogP contribution in [0.4, 0.5) is 5.82 Å². The normalized spacial score (nSPS) is 11.4. The number of carbonyl (C=O) groups excluding carboxylic acids is 1. The highest BCUT2D eigenvalue weighted by Gasteiger charge is 2.24. The second-order valence-corrected chi connectivity index (χ2v) is 8.18. The first kappa shape index (κ1) is 21.3. The SMILES string of the molecule is CC(C)Cn1c(N)c(C(=O)Cc2cc3ccccc3nc2-c2ccco2)c(=O)n(C)c1=O. The van der Waals surface area contributed by atoms with E-state index in [1.165, 1.54) is 17.9 Å². The molecule has 0 aliphatic rings. The maximum Gasteiger partial charge on any atom is 0.332 e. The summed E-state index contributed by atoms with van der Waals surface area (Å²) in [5, 5.41) is 0.858. The van der Waals surface area contributed by atoms with E-state index in [-0.39, 0.29) is 23.7 Å². The number of benzene rings is 1. The first-order valence-electron chi connectivity index (χ1n) is 10.3. The van der Waals surface area contributed by atoms with E-state index >= 15 is 0 Å². The maximum atomic E-state index is 13.3. The van der Waals surface area contributed by atoms with E-state index < -0.39 is 17.0 Å². The molecule has 164 valence electrons. The van der Waals surface area contributed by atoms with Crippen molar-refractivity contribution >= 4 is 22.5 Å². The lowest BCUT2D eigenvalue weighted by molar-refractivity contribution is 0.0991. The van der Waals surface area contributed by atoms with Gasteiger partial charge in [-0.1, -0.05) is 32.0 Å². The number of Topliss-reactive ketones (excluding diaryl/α,β-unsaturated/α-hetero) is 1. The minimum Gasteiger partial charge on any atom is -0.463 e. The van der Waals surface area contributed by atoms with E-state index in [9.17, 15) is 14.4 Å². The number of hydrogen-bond donors (Lipinski definition) is 1. The molecule has 0 atom stereocenters. The minimum absolute atomic E-state index is 0.102. The Morgan fingerprint density at radius 2 is 1.91 bits per heavy atom. The van der Waals surface area contributed by atoms with Crippen LogP contribution in [0.2, 0.25) is 0 Å². The van der Waals surface area contributed by atoms with Gasteiger partial charge in [0.05, 0.1) is 11.8 Å². The van der Waals surface area contributed by atoms with Crippen LogP contribution >= 0.6 is 0 Å². The van der Waals surface area contributed by atoms with Gasteiger partial charge in [0.1, 0.15) is 17.1 Å². The van der Waals surface area contributed by atoms with Crippen LogP contribution in [-0.4, -0.2) is 19.9 Å². The molecule has 8 nitrogen and oxygen atoms in total. The van der Waals surface area contributed by atoms with Crippen molar-refractivity contribution in [1.29, 1.82) is 0 Å². The first-order valence-corrected chi connectivity index (χ1v) is 10.3. The molecule has 1 aromatic carbocycles. The summed E-state index contributed by atoms with van der Waals surface area (Å²) in [5.41, 5.74) is 6.63. The molecule has 2 N–H and O–H groups in total. The average Bonchev–Trinajstić information content (AvgIpc) is 3.29. The van der Waals surface area contributed by atoms with E-state index in [1.807, 2.05) is 44.2 Å². The average molecular weight is 432 g/mol. The summed E-state index contributed by atoms with van der Waals surface area (Å²) in [7, 11) is 1.35. The molecule has 3 aromatic heterocycles. The molecule has 0 spiro atoms.